The summed E-state index contributed by atoms with van der Waals surface area (Å²) < 4.78 is 45.8. The number of hydrogen-bond acceptors (Lipinski definition) is 6. The molecular formula is C37H48ClF3N8O. The van der Waals surface area contributed by atoms with E-state index in [1.165, 1.54) is 23.5 Å². The number of nitrogens with zero attached hydrogens (tertiary/aromatic N) is 4. The minimum absolute atomic E-state index is 0.0141. The molecule has 0 aliphatic heterocycles. The summed E-state index contributed by atoms with van der Waals surface area (Å²) >= 11 is 6.31. The van der Waals surface area contributed by atoms with Gasteiger partial charge in [0.2, 0.25) is 0 Å². The van der Waals surface area contributed by atoms with Crippen LogP contribution < -0.4 is 22.9 Å². The van der Waals surface area contributed by atoms with Gasteiger partial charge in [0, 0.05) is 54.4 Å². The number of fused-ring (bicyclic) bond motifs is 1. The molecule has 0 spiro atoms. The van der Waals surface area contributed by atoms with Crippen LogP contribution in [0.4, 0.5) is 13.2 Å². The number of aliphatic imine (C=N–C) groups is 1. The van der Waals surface area contributed by atoms with Crippen LogP contribution in [-0.2, 0) is 6.42 Å². The van der Waals surface area contributed by atoms with E-state index in [1.807, 2.05) is 6.92 Å². The molecule has 2 unspecified atom stereocenters. The Balaban J connectivity index is 1.38. The average molecular weight is 713 g/mol. The van der Waals surface area contributed by atoms with Gasteiger partial charge in [0.15, 0.2) is 5.82 Å². The number of aromatic nitrogens is 3. The standard InChI is InChI=1S/C37H48ClF3N8O/c1-2-6-33(48(15-4-13-39)16-5-14-45-34(44)21-42)27-12-11-26(20-30(27)40)49-22-25-19-32(46-36(25)47-37(49)50)28-17-23(18-29(38)35(28)41)7-3-8-31(43)24-9-10-24/h11-12,17-20,22,24,31,33H,2-10,13-16,21,42-43H2,1H3,(H2,44,45)(H,46,47,50). The van der Waals surface area contributed by atoms with Gasteiger partial charge in [0.25, 0.3) is 0 Å². The molecule has 5 rings (SSSR count). The number of alkyl halides is 1. The van der Waals surface area contributed by atoms with Gasteiger partial charge in [-0.05, 0) is 93.2 Å². The van der Waals surface area contributed by atoms with Gasteiger partial charge < -0.3 is 22.2 Å². The molecule has 2 aromatic heterocycles. The first kappa shape index (κ1) is 37.5. The van der Waals surface area contributed by atoms with Crippen molar-refractivity contribution in [3.8, 4) is 16.9 Å². The second kappa shape index (κ2) is 17.5. The number of aromatic amines is 1. The van der Waals surface area contributed by atoms with Crippen LogP contribution in [0.15, 0.2) is 52.4 Å². The molecule has 13 heteroatoms. The summed E-state index contributed by atoms with van der Waals surface area (Å²) in [6.07, 6.45) is 8.85. The van der Waals surface area contributed by atoms with E-state index in [-0.39, 0.29) is 34.9 Å². The molecule has 0 saturated heterocycles. The number of nitrogens with two attached hydrogens (primary N) is 3. The zero-order valence-electron chi connectivity index (χ0n) is 28.6. The van der Waals surface area contributed by atoms with Crippen LogP contribution in [0.3, 0.4) is 0 Å². The number of hydrogen-bond donors (Lipinski definition) is 4. The molecule has 1 saturated carbocycles. The van der Waals surface area contributed by atoms with Crippen LogP contribution >= 0.6 is 11.6 Å². The van der Waals surface area contributed by atoms with E-state index in [4.69, 9.17) is 28.8 Å². The van der Waals surface area contributed by atoms with Gasteiger partial charge in [-0.3, -0.25) is 18.8 Å². The van der Waals surface area contributed by atoms with Gasteiger partial charge in [-0.25, -0.2) is 13.6 Å². The van der Waals surface area contributed by atoms with Gasteiger partial charge in [0.05, 0.1) is 29.6 Å². The molecule has 270 valence electrons. The molecule has 50 heavy (non-hydrogen) atoms. The van der Waals surface area contributed by atoms with Gasteiger partial charge in [0.1, 0.15) is 17.3 Å². The Labute approximate surface area is 296 Å². The lowest BCUT2D eigenvalue weighted by molar-refractivity contribution is 0.174. The molecule has 1 fully saturated rings. The maximum Gasteiger partial charge on any atom is 0.354 e. The molecule has 0 amide bonds. The number of aryl methyl sites for hydroxylation is 1. The van der Waals surface area contributed by atoms with E-state index in [0.717, 1.165) is 24.8 Å². The molecule has 0 bridgehead atoms. The normalized spacial score (nSPS) is 14.9. The summed E-state index contributed by atoms with van der Waals surface area (Å²) in [6, 6.07) is 9.69. The van der Waals surface area contributed by atoms with Crippen molar-refractivity contribution < 1.29 is 13.2 Å². The highest BCUT2D eigenvalue weighted by molar-refractivity contribution is 6.31. The lowest BCUT2D eigenvalue weighted by Crippen LogP contribution is -2.32. The highest BCUT2D eigenvalue weighted by Crippen LogP contribution is 2.35. The third-order valence-electron chi connectivity index (χ3n) is 9.45. The first-order valence-corrected chi connectivity index (χ1v) is 18.0. The van der Waals surface area contributed by atoms with Crippen molar-refractivity contribution >= 4 is 28.5 Å². The van der Waals surface area contributed by atoms with E-state index in [1.54, 1.807) is 36.5 Å². The molecule has 2 heterocycles. The fourth-order valence-corrected chi connectivity index (χ4v) is 6.85. The fraction of sp³-hybridized carbons (Fsp3) is 0.486. The first-order valence-electron chi connectivity index (χ1n) is 17.6. The van der Waals surface area contributed by atoms with Gasteiger partial charge in [-0.2, -0.15) is 4.98 Å². The summed E-state index contributed by atoms with van der Waals surface area (Å²) in [5.74, 6) is -0.0639. The van der Waals surface area contributed by atoms with Crippen molar-refractivity contribution in [3.05, 3.63) is 80.9 Å². The fourth-order valence-electron chi connectivity index (χ4n) is 6.60. The van der Waals surface area contributed by atoms with Gasteiger partial charge >= 0.3 is 5.69 Å². The largest absolute Gasteiger partial charge is 0.386 e. The summed E-state index contributed by atoms with van der Waals surface area (Å²) in [5, 5.41) is 0.555. The highest BCUT2D eigenvalue weighted by atomic mass is 35.5. The molecule has 2 aromatic carbocycles. The number of halogens is 4. The minimum atomic E-state index is -0.621. The highest BCUT2D eigenvalue weighted by Gasteiger charge is 2.28. The monoisotopic (exact) mass is 712 g/mol. The van der Waals surface area contributed by atoms with E-state index in [0.29, 0.717) is 79.4 Å². The van der Waals surface area contributed by atoms with Gasteiger partial charge in [-0.15, -0.1) is 0 Å². The Bertz CT molecular complexity index is 1840. The van der Waals surface area contributed by atoms with E-state index in [2.05, 4.69) is 19.9 Å². The Morgan fingerprint density at radius 2 is 1.92 bits per heavy atom. The lowest BCUT2D eigenvalue weighted by Gasteiger charge is -2.32. The predicted molar refractivity (Wildman–Crippen MR) is 196 cm³/mol. The van der Waals surface area contributed by atoms with Crippen molar-refractivity contribution in [1.82, 2.24) is 19.4 Å². The molecule has 4 aromatic rings. The summed E-state index contributed by atoms with van der Waals surface area (Å²) in [7, 11) is 0. The van der Waals surface area contributed by atoms with Crippen LogP contribution in [0.2, 0.25) is 5.02 Å². The Hall–Kier alpha value is -3.71. The Morgan fingerprint density at radius 3 is 2.62 bits per heavy atom. The molecule has 1 aliphatic rings. The molecule has 2 atom stereocenters. The minimum Gasteiger partial charge on any atom is -0.386 e. The Kier molecular flexibility index (Phi) is 13.1. The average Bonchev–Trinajstić information content (AvgIpc) is 3.88. The van der Waals surface area contributed by atoms with Crippen molar-refractivity contribution in [2.24, 2.45) is 28.1 Å². The zero-order valence-corrected chi connectivity index (χ0v) is 29.4. The molecule has 9 nitrogen and oxygen atoms in total. The number of nitrogens with one attached hydrogen (secondary N) is 1. The van der Waals surface area contributed by atoms with Crippen LogP contribution in [0, 0.1) is 17.6 Å². The number of H-pyrrole nitrogens is 1. The van der Waals surface area contributed by atoms with Crippen LogP contribution in [0.5, 0.6) is 0 Å². The SMILES string of the molecule is CCCC(c1ccc(-n2cc3cc(-c4cc(CCCC(N)C5CC5)cc(Cl)c4F)[nH]c3nc2=O)cc1F)N(CCCF)CCCN=C(N)CN. The second-order valence-electron chi connectivity index (χ2n) is 13.2. The zero-order chi connectivity index (χ0) is 35.8. The van der Waals surface area contributed by atoms with E-state index in [9.17, 15) is 9.18 Å². The smallest absolute Gasteiger partial charge is 0.354 e. The van der Waals surface area contributed by atoms with Crippen LogP contribution in [0.25, 0.3) is 28.0 Å². The predicted octanol–water partition coefficient (Wildman–Crippen LogP) is 6.58. The summed E-state index contributed by atoms with van der Waals surface area (Å²) in [4.78, 5) is 26.8. The quantitative estimate of drug-likeness (QED) is 0.0491. The van der Waals surface area contributed by atoms with E-state index < -0.39 is 24.0 Å². The van der Waals surface area contributed by atoms with Crippen LogP contribution in [0.1, 0.15) is 75.5 Å². The van der Waals surface area contributed by atoms with Crippen LogP contribution in [-0.4, -0.2) is 64.2 Å². The van der Waals surface area contributed by atoms with Crippen molar-refractivity contribution in [3.63, 3.8) is 0 Å². The van der Waals surface area contributed by atoms with Gasteiger partial charge in [-0.1, -0.05) is 31.0 Å². The maximum absolute atomic E-state index is 15.9. The number of rotatable bonds is 19. The number of amidine groups is 1. The Morgan fingerprint density at radius 1 is 1.14 bits per heavy atom. The third kappa shape index (κ3) is 9.34. The first-order chi connectivity index (χ1) is 24.1. The van der Waals surface area contributed by atoms with Crippen molar-refractivity contribution in [2.45, 2.75) is 76.8 Å². The number of benzene rings is 2. The maximum atomic E-state index is 15.9. The molecular weight excluding hydrogens is 665 g/mol. The second-order valence-corrected chi connectivity index (χ2v) is 13.6. The lowest BCUT2D eigenvalue weighted by atomic mass is 9.98. The van der Waals surface area contributed by atoms with E-state index >= 15 is 8.78 Å². The third-order valence-corrected chi connectivity index (χ3v) is 9.72. The summed E-state index contributed by atoms with van der Waals surface area (Å²) in [6.45, 7) is 3.22. The van der Waals surface area contributed by atoms with Crippen molar-refractivity contribution in [2.75, 3.05) is 32.9 Å². The molecule has 7 N–H and O–H groups in total. The topological polar surface area (TPSA) is 144 Å². The molecule has 1 aliphatic carbocycles. The molecule has 0 radical (unpaired) electrons. The van der Waals surface area contributed by atoms with Crippen molar-refractivity contribution in [1.29, 1.82) is 0 Å². The summed E-state index contributed by atoms with van der Waals surface area (Å²) in [5.41, 5.74) is 19.5.